The second-order valence-corrected chi connectivity index (χ2v) is 5.75. The number of nitrogens with zero attached hydrogens (tertiary/aromatic N) is 3. The van der Waals surface area contributed by atoms with Gasteiger partial charge in [0.2, 0.25) is 5.91 Å². The Bertz CT molecular complexity index is 764. The number of fused-ring (bicyclic) bond motifs is 1. The smallest absolute Gasteiger partial charge is 0.271 e. The van der Waals surface area contributed by atoms with Gasteiger partial charge in [-0.15, -0.1) is 0 Å². The zero-order valence-corrected chi connectivity index (χ0v) is 13.3. The van der Waals surface area contributed by atoms with E-state index in [1.165, 1.54) is 12.1 Å². The number of hydrogen-bond acceptors (Lipinski definition) is 5. The molecule has 0 bridgehead atoms. The van der Waals surface area contributed by atoms with E-state index in [-0.39, 0.29) is 24.2 Å². The number of nitro groups is 1. The molecule has 0 spiro atoms. The molecule has 0 radical (unpaired) electrons. The van der Waals surface area contributed by atoms with E-state index < -0.39 is 4.92 Å². The Morgan fingerprint density at radius 1 is 1.38 bits per heavy atom. The van der Waals surface area contributed by atoms with E-state index in [9.17, 15) is 14.9 Å². The molecule has 24 heavy (non-hydrogen) atoms. The number of amides is 1. The summed E-state index contributed by atoms with van der Waals surface area (Å²) in [4.78, 5) is 28.6. The minimum atomic E-state index is -0.439. The number of pyridine rings is 1. The summed E-state index contributed by atoms with van der Waals surface area (Å²) in [5.41, 5.74) is 2.67. The zero-order valence-electron chi connectivity index (χ0n) is 13.3. The number of carbonyl (C=O) groups excluding carboxylic acids is 1. The maximum absolute atomic E-state index is 12.5. The summed E-state index contributed by atoms with van der Waals surface area (Å²) >= 11 is 0. The molecule has 7 heteroatoms. The molecule has 1 atom stereocenters. The minimum absolute atomic E-state index is 0.00608. The molecule has 0 aliphatic carbocycles. The molecular weight excluding hydrogens is 308 g/mol. The number of non-ortho nitro benzene ring substituents is 1. The molecule has 0 saturated heterocycles. The summed E-state index contributed by atoms with van der Waals surface area (Å²) in [7, 11) is 0. The van der Waals surface area contributed by atoms with Gasteiger partial charge in [0, 0.05) is 37.1 Å². The summed E-state index contributed by atoms with van der Waals surface area (Å²) in [5, 5.41) is 14.1. The lowest BCUT2D eigenvalue weighted by Crippen LogP contribution is -2.38. The van der Waals surface area contributed by atoms with Crippen LogP contribution in [0, 0.1) is 10.1 Å². The Balaban J connectivity index is 1.67. The topological polar surface area (TPSA) is 88.4 Å². The number of nitro benzene ring substituents is 1. The highest BCUT2D eigenvalue weighted by Crippen LogP contribution is 2.31. The van der Waals surface area contributed by atoms with E-state index in [1.807, 2.05) is 19.1 Å². The Morgan fingerprint density at radius 3 is 2.83 bits per heavy atom. The van der Waals surface area contributed by atoms with Crippen molar-refractivity contribution in [3.8, 4) is 0 Å². The zero-order chi connectivity index (χ0) is 17.1. The van der Waals surface area contributed by atoms with Crippen LogP contribution in [0.4, 0.5) is 11.4 Å². The highest BCUT2D eigenvalue weighted by Gasteiger charge is 2.26. The Morgan fingerprint density at radius 2 is 2.12 bits per heavy atom. The normalized spacial score (nSPS) is 14.3. The third-order valence-electron chi connectivity index (χ3n) is 4.24. The first-order valence-corrected chi connectivity index (χ1v) is 7.77. The van der Waals surface area contributed by atoms with Crippen LogP contribution >= 0.6 is 0 Å². The highest BCUT2D eigenvalue weighted by molar-refractivity contribution is 5.97. The van der Waals surface area contributed by atoms with Crippen LogP contribution in [-0.2, 0) is 11.2 Å². The number of hydrogen-bond donors (Lipinski definition) is 1. The predicted molar refractivity (Wildman–Crippen MR) is 89.8 cm³/mol. The van der Waals surface area contributed by atoms with Crippen LogP contribution < -0.4 is 10.2 Å². The fraction of sp³-hybridized carbons (Fsp3) is 0.294. The van der Waals surface area contributed by atoms with Crippen molar-refractivity contribution in [1.82, 2.24) is 10.3 Å². The lowest BCUT2D eigenvalue weighted by molar-refractivity contribution is -0.384. The van der Waals surface area contributed by atoms with Gasteiger partial charge >= 0.3 is 0 Å². The fourth-order valence-electron chi connectivity index (χ4n) is 2.85. The molecule has 7 nitrogen and oxygen atoms in total. The highest BCUT2D eigenvalue weighted by atomic mass is 16.6. The van der Waals surface area contributed by atoms with Crippen LogP contribution in [0.2, 0.25) is 0 Å². The van der Waals surface area contributed by atoms with Crippen molar-refractivity contribution in [1.29, 1.82) is 0 Å². The summed E-state index contributed by atoms with van der Waals surface area (Å²) in [6, 6.07) is 8.51. The molecule has 3 rings (SSSR count). The summed E-state index contributed by atoms with van der Waals surface area (Å²) < 4.78 is 0. The van der Waals surface area contributed by atoms with E-state index in [4.69, 9.17) is 0 Å². The fourth-order valence-corrected chi connectivity index (χ4v) is 2.85. The van der Waals surface area contributed by atoms with Crippen molar-refractivity contribution < 1.29 is 9.72 Å². The monoisotopic (exact) mass is 326 g/mol. The van der Waals surface area contributed by atoms with Gasteiger partial charge in [-0.3, -0.25) is 19.9 Å². The van der Waals surface area contributed by atoms with Crippen molar-refractivity contribution in [2.24, 2.45) is 0 Å². The van der Waals surface area contributed by atoms with Gasteiger partial charge in [0.05, 0.1) is 17.2 Å². The second-order valence-electron chi connectivity index (χ2n) is 5.75. The summed E-state index contributed by atoms with van der Waals surface area (Å²) in [5.74, 6) is -0.0878. The Labute approximate surface area is 139 Å². The largest absolute Gasteiger partial charge is 0.310 e. The molecule has 0 unspecified atom stereocenters. The molecule has 1 N–H and O–H groups in total. The molecule has 0 saturated carbocycles. The van der Waals surface area contributed by atoms with Crippen LogP contribution in [0.3, 0.4) is 0 Å². The molecule has 0 fully saturated rings. The third kappa shape index (κ3) is 3.26. The first kappa shape index (κ1) is 16.1. The Hall–Kier alpha value is -2.80. The predicted octanol–water partition coefficient (Wildman–Crippen LogP) is 2.23. The van der Waals surface area contributed by atoms with Gasteiger partial charge in [-0.1, -0.05) is 6.07 Å². The molecule has 1 aromatic carbocycles. The lowest BCUT2D eigenvalue weighted by atomic mass is 10.1. The SMILES string of the molecule is C[C@@H](NCC(=O)N1CCc2ccc([N+](=O)[O-])cc21)c1ccncc1. The quantitative estimate of drug-likeness (QED) is 0.672. The van der Waals surface area contributed by atoms with Crippen molar-refractivity contribution in [3.05, 3.63) is 64.0 Å². The average molecular weight is 326 g/mol. The maximum atomic E-state index is 12.5. The first-order chi connectivity index (χ1) is 11.6. The van der Waals surface area contributed by atoms with E-state index in [0.29, 0.717) is 12.2 Å². The number of anilines is 1. The van der Waals surface area contributed by atoms with Crippen molar-refractivity contribution in [2.45, 2.75) is 19.4 Å². The van der Waals surface area contributed by atoms with Crippen LogP contribution in [0.1, 0.15) is 24.1 Å². The number of rotatable bonds is 5. The summed E-state index contributed by atoms with van der Waals surface area (Å²) in [6.07, 6.45) is 4.15. The number of carbonyl (C=O) groups is 1. The molecule has 1 aliphatic rings. The molecule has 2 aromatic rings. The van der Waals surface area contributed by atoms with Crippen LogP contribution in [0.25, 0.3) is 0 Å². The lowest BCUT2D eigenvalue weighted by Gasteiger charge is -2.20. The van der Waals surface area contributed by atoms with Gasteiger partial charge in [0.1, 0.15) is 0 Å². The minimum Gasteiger partial charge on any atom is -0.310 e. The molecule has 1 aromatic heterocycles. The third-order valence-corrected chi connectivity index (χ3v) is 4.24. The average Bonchev–Trinajstić information content (AvgIpc) is 3.03. The van der Waals surface area contributed by atoms with Gasteiger partial charge in [-0.2, -0.15) is 0 Å². The van der Waals surface area contributed by atoms with Gasteiger partial charge in [-0.05, 0) is 36.6 Å². The number of nitrogens with one attached hydrogen (secondary N) is 1. The van der Waals surface area contributed by atoms with E-state index in [0.717, 1.165) is 17.5 Å². The van der Waals surface area contributed by atoms with Gasteiger partial charge in [0.15, 0.2) is 0 Å². The molecule has 124 valence electrons. The first-order valence-electron chi connectivity index (χ1n) is 7.77. The van der Waals surface area contributed by atoms with Gasteiger partial charge < -0.3 is 10.2 Å². The second kappa shape index (κ2) is 6.76. The number of benzene rings is 1. The molecule has 2 heterocycles. The van der Waals surface area contributed by atoms with Crippen LogP contribution in [0.15, 0.2) is 42.7 Å². The van der Waals surface area contributed by atoms with Gasteiger partial charge in [0.25, 0.3) is 5.69 Å². The molecule has 1 amide bonds. The van der Waals surface area contributed by atoms with Crippen molar-refractivity contribution in [2.75, 3.05) is 18.0 Å². The van der Waals surface area contributed by atoms with Gasteiger partial charge in [-0.25, -0.2) is 0 Å². The van der Waals surface area contributed by atoms with E-state index >= 15 is 0 Å². The standard InChI is InChI=1S/C17H18N4O3/c1-12(13-4-7-18-8-5-13)19-11-17(22)20-9-6-14-2-3-15(21(23)24)10-16(14)20/h2-5,7-8,10,12,19H,6,9,11H2,1H3/t12-/m1/s1. The van der Waals surface area contributed by atoms with Crippen LogP contribution in [-0.4, -0.2) is 28.9 Å². The maximum Gasteiger partial charge on any atom is 0.271 e. The Kier molecular flexibility index (Phi) is 4.52. The van der Waals surface area contributed by atoms with Crippen molar-refractivity contribution >= 4 is 17.3 Å². The number of aromatic nitrogens is 1. The van der Waals surface area contributed by atoms with E-state index in [1.54, 1.807) is 23.4 Å². The molecule has 1 aliphatic heterocycles. The molecular formula is C17H18N4O3. The summed E-state index contributed by atoms with van der Waals surface area (Å²) in [6.45, 7) is 2.71. The van der Waals surface area contributed by atoms with Crippen molar-refractivity contribution in [3.63, 3.8) is 0 Å². The van der Waals surface area contributed by atoms with E-state index in [2.05, 4.69) is 10.3 Å². The van der Waals surface area contributed by atoms with Crippen LogP contribution in [0.5, 0.6) is 0 Å².